The van der Waals surface area contributed by atoms with Crippen LogP contribution in [0.5, 0.6) is 0 Å². The highest BCUT2D eigenvalue weighted by Gasteiger charge is 2.24. The van der Waals surface area contributed by atoms with E-state index in [1.54, 1.807) is 12.1 Å². The summed E-state index contributed by atoms with van der Waals surface area (Å²) in [4.78, 5) is 22.2. The number of carbonyl (C=O) groups excluding carboxylic acids is 1. The molecule has 1 aliphatic rings. The van der Waals surface area contributed by atoms with Gasteiger partial charge in [0.25, 0.3) is 5.69 Å². The van der Waals surface area contributed by atoms with E-state index in [9.17, 15) is 14.9 Å². The van der Waals surface area contributed by atoms with E-state index in [0.717, 1.165) is 24.9 Å². The Morgan fingerprint density at radius 2 is 2.14 bits per heavy atom. The van der Waals surface area contributed by atoms with Crippen molar-refractivity contribution < 1.29 is 9.72 Å². The zero-order valence-corrected chi connectivity index (χ0v) is 12.2. The molecule has 1 aromatic rings. The molecule has 2 N–H and O–H groups in total. The van der Waals surface area contributed by atoms with Gasteiger partial charge < -0.3 is 10.6 Å². The second kappa shape index (κ2) is 7.17. The van der Waals surface area contributed by atoms with Crippen molar-refractivity contribution in [3.05, 3.63) is 39.9 Å². The summed E-state index contributed by atoms with van der Waals surface area (Å²) in [6.07, 6.45) is 2.45. The van der Waals surface area contributed by atoms with Gasteiger partial charge in [0.05, 0.1) is 4.92 Å². The lowest BCUT2D eigenvalue weighted by atomic mass is 9.92. The lowest BCUT2D eigenvalue weighted by Crippen LogP contribution is -2.42. The molecule has 2 atom stereocenters. The summed E-state index contributed by atoms with van der Waals surface area (Å²) >= 11 is 0. The second-order valence-electron chi connectivity index (χ2n) is 5.54. The molecule has 21 heavy (non-hydrogen) atoms. The topological polar surface area (TPSA) is 84.3 Å². The minimum atomic E-state index is -0.413. The molecule has 0 radical (unpaired) electrons. The van der Waals surface area contributed by atoms with Gasteiger partial charge in [0, 0.05) is 30.6 Å². The predicted molar refractivity (Wildman–Crippen MR) is 80.0 cm³/mol. The fourth-order valence-electron chi connectivity index (χ4n) is 2.63. The first-order chi connectivity index (χ1) is 10.1. The Morgan fingerprint density at radius 1 is 1.43 bits per heavy atom. The zero-order chi connectivity index (χ0) is 15.2. The van der Waals surface area contributed by atoms with Gasteiger partial charge in [0.1, 0.15) is 0 Å². The van der Waals surface area contributed by atoms with Gasteiger partial charge in [-0.2, -0.15) is 0 Å². The van der Waals surface area contributed by atoms with Crippen molar-refractivity contribution in [3.8, 4) is 0 Å². The van der Waals surface area contributed by atoms with Gasteiger partial charge in [0.15, 0.2) is 0 Å². The van der Waals surface area contributed by atoms with Crippen LogP contribution in [0.4, 0.5) is 5.69 Å². The third-order valence-corrected chi connectivity index (χ3v) is 3.85. The largest absolute Gasteiger partial charge is 0.356 e. The van der Waals surface area contributed by atoms with Gasteiger partial charge in [-0.05, 0) is 38.3 Å². The molecular formula is C15H21N3O3. The fourth-order valence-corrected chi connectivity index (χ4v) is 2.63. The van der Waals surface area contributed by atoms with Gasteiger partial charge in [-0.25, -0.2) is 0 Å². The first kappa shape index (κ1) is 15.4. The molecule has 0 bridgehead atoms. The third-order valence-electron chi connectivity index (χ3n) is 3.85. The predicted octanol–water partition coefficient (Wildman–Crippen LogP) is 1.64. The molecule has 0 saturated carbocycles. The van der Waals surface area contributed by atoms with E-state index in [-0.39, 0.29) is 17.5 Å². The number of rotatable bonds is 5. The summed E-state index contributed by atoms with van der Waals surface area (Å²) in [5.74, 6) is 0.211. The fraction of sp³-hybridized carbons (Fsp3) is 0.533. The van der Waals surface area contributed by atoms with Crippen LogP contribution in [0.15, 0.2) is 24.3 Å². The summed E-state index contributed by atoms with van der Waals surface area (Å²) in [7, 11) is 0. The van der Waals surface area contributed by atoms with E-state index in [0.29, 0.717) is 19.0 Å². The number of non-ortho nitro benzene ring substituents is 1. The van der Waals surface area contributed by atoms with Crippen molar-refractivity contribution in [3.63, 3.8) is 0 Å². The van der Waals surface area contributed by atoms with E-state index < -0.39 is 4.92 Å². The average Bonchev–Trinajstić information content (AvgIpc) is 2.47. The van der Waals surface area contributed by atoms with Crippen LogP contribution in [0.1, 0.15) is 25.3 Å². The van der Waals surface area contributed by atoms with Crippen molar-refractivity contribution >= 4 is 11.6 Å². The minimum absolute atomic E-state index is 0.0893. The maximum Gasteiger partial charge on any atom is 0.269 e. The molecule has 1 aromatic carbocycles. The zero-order valence-electron chi connectivity index (χ0n) is 12.2. The van der Waals surface area contributed by atoms with Crippen LogP contribution in [0.3, 0.4) is 0 Å². The maximum absolute atomic E-state index is 12.0. The molecule has 6 nitrogen and oxygen atoms in total. The molecular weight excluding hydrogens is 270 g/mol. The molecule has 2 unspecified atom stereocenters. The summed E-state index contributed by atoms with van der Waals surface area (Å²) in [6, 6.07) is 6.84. The van der Waals surface area contributed by atoms with Gasteiger partial charge in [0.2, 0.25) is 5.91 Å². The van der Waals surface area contributed by atoms with E-state index >= 15 is 0 Å². The molecule has 1 heterocycles. The van der Waals surface area contributed by atoms with Crippen LogP contribution >= 0.6 is 0 Å². The van der Waals surface area contributed by atoms with Crippen molar-refractivity contribution in [2.24, 2.45) is 5.92 Å². The van der Waals surface area contributed by atoms with Crippen LogP contribution in [0.2, 0.25) is 0 Å². The van der Waals surface area contributed by atoms with Gasteiger partial charge in [-0.3, -0.25) is 14.9 Å². The molecule has 1 amide bonds. The Labute approximate surface area is 124 Å². The monoisotopic (exact) mass is 291 g/mol. The molecule has 0 spiro atoms. The van der Waals surface area contributed by atoms with Crippen LogP contribution < -0.4 is 10.6 Å². The van der Waals surface area contributed by atoms with E-state index in [2.05, 4.69) is 17.6 Å². The number of hydrogen-bond acceptors (Lipinski definition) is 4. The summed E-state index contributed by atoms with van der Waals surface area (Å²) in [5, 5.41) is 16.8. The van der Waals surface area contributed by atoms with Crippen LogP contribution in [0, 0.1) is 16.0 Å². The molecule has 0 aliphatic carbocycles. The van der Waals surface area contributed by atoms with Gasteiger partial charge >= 0.3 is 0 Å². The highest BCUT2D eigenvalue weighted by Crippen LogP contribution is 2.16. The third kappa shape index (κ3) is 4.53. The molecule has 1 fully saturated rings. The first-order valence-electron chi connectivity index (χ1n) is 7.30. The minimum Gasteiger partial charge on any atom is -0.356 e. The van der Waals surface area contributed by atoms with Crippen molar-refractivity contribution in [2.45, 2.75) is 32.2 Å². The normalized spacial score (nSPS) is 21.8. The smallest absolute Gasteiger partial charge is 0.269 e. The Kier molecular flexibility index (Phi) is 5.27. The lowest BCUT2D eigenvalue weighted by Gasteiger charge is -2.27. The second-order valence-corrected chi connectivity index (χ2v) is 5.54. The molecule has 1 saturated heterocycles. The molecule has 2 rings (SSSR count). The van der Waals surface area contributed by atoms with Crippen molar-refractivity contribution in [1.82, 2.24) is 10.6 Å². The highest BCUT2D eigenvalue weighted by atomic mass is 16.6. The number of hydrogen-bond donors (Lipinski definition) is 2. The quantitative estimate of drug-likeness (QED) is 0.638. The highest BCUT2D eigenvalue weighted by molar-refractivity contribution is 5.78. The number of carbonyl (C=O) groups is 1. The average molecular weight is 291 g/mol. The lowest BCUT2D eigenvalue weighted by molar-refractivity contribution is -0.384. The Bertz CT molecular complexity index is 501. The van der Waals surface area contributed by atoms with Crippen LogP contribution in [-0.4, -0.2) is 30.0 Å². The molecule has 0 aromatic heterocycles. The Morgan fingerprint density at radius 3 is 2.76 bits per heavy atom. The Balaban J connectivity index is 1.75. The summed E-state index contributed by atoms with van der Waals surface area (Å²) in [5.41, 5.74) is 1.08. The number of nitrogens with one attached hydrogen (secondary N) is 2. The van der Waals surface area contributed by atoms with Crippen LogP contribution in [0.25, 0.3) is 0 Å². The number of piperidine rings is 1. The number of nitro groups is 1. The van der Waals surface area contributed by atoms with Gasteiger partial charge in [-0.15, -0.1) is 0 Å². The van der Waals surface area contributed by atoms with E-state index in [4.69, 9.17) is 0 Å². The van der Waals surface area contributed by atoms with Crippen LogP contribution in [-0.2, 0) is 11.2 Å². The number of nitro benzene ring substituents is 1. The summed E-state index contributed by atoms with van der Waals surface area (Å²) < 4.78 is 0. The molecule has 6 heteroatoms. The molecule has 1 aliphatic heterocycles. The SMILES string of the molecule is CC1CC(C(=O)NCCc2ccc([N+](=O)[O-])cc2)CCN1. The van der Waals surface area contributed by atoms with Crippen molar-refractivity contribution in [1.29, 1.82) is 0 Å². The van der Waals surface area contributed by atoms with Crippen molar-refractivity contribution in [2.75, 3.05) is 13.1 Å². The number of nitrogens with zero attached hydrogens (tertiary/aromatic N) is 1. The maximum atomic E-state index is 12.0. The van der Waals surface area contributed by atoms with Gasteiger partial charge in [-0.1, -0.05) is 12.1 Å². The number of benzene rings is 1. The number of amides is 1. The molecule has 114 valence electrons. The van der Waals surface area contributed by atoms with E-state index in [1.807, 2.05) is 0 Å². The Hall–Kier alpha value is -1.95. The first-order valence-corrected chi connectivity index (χ1v) is 7.30. The van der Waals surface area contributed by atoms with E-state index in [1.165, 1.54) is 12.1 Å². The summed E-state index contributed by atoms with van der Waals surface area (Å²) in [6.45, 7) is 3.55. The standard InChI is InChI=1S/C15H21N3O3/c1-11-10-13(7-9-16-11)15(19)17-8-6-12-2-4-14(5-3-12)18(20)21/h2-5,11,13,16H,6-10H2,1H3,(H,17,19).